The van der Waals surface area contributed by atoms with Gasteiger partial charge in [-0.05, 0) is 135 Å². The normalized spacial score (nSPS) is 16.1. The zero-order valence-corrected chi connectivity index (χ0v) is 66.8. The van der Waals surface area contributed by atoms with Crippen molar-refractivity contribution in [1.82, 2.24) is 80.3 Å². The minimum Gasteiger partial charge on any atom is -0.495 e. The molecule has 9 aromatic heterocycles. The number of ether oxygens (including phenoxy) is 7. The van der Waals surface area contributed by atoms with Crippen LogP contribution in [0.25, 0.3) is 89.0 Å². The summed E-state index contributed by atoms with van der Waals surface area (Å²) >= 11 is 0. The Morgan fingerprint density at radius 1 is 0.547 bits per heavy atom. The molecule has 0 bridgehead atoms. The highest BCUT2D eigenvalue weighted by Crippen LogP contribution is 2.43. The number of carbonyl (C=O) groups excluding carboxylic acids is 3. The molecule has 117 heavy (non-hydrogen) atoms. The van der Waals surface area contributed by atoms with Crippen LogP contribution >= 0.6 is 0 Å². The van der Waals surface area contributed by atoms with Crippen LogP contribution in [-0.2, 0) is 16.5 Å². The molecule has 3 amide bonds. The molecule has 2 aliphatic heterocycles. The fourth-order valence-electron chi connectivity index (χ4n) is 14.5. The predicted octanol–water partition coefficient (Wildman–Crippen LogP) is 14.6. The monoisotopic (exact) mass is 1580 g/mol. The Hall–Kier alpha value is -13.4. The van der Waals surface area contributed by atoms with Crippen molar-refractivity contribution in [2.24, 2.45) is 7.05 Å². The van der Waals surface area contributed by atoms with Gasteiger partial charge in [0.2, 0.25) is 35.5 Å². The molecule has 1 aliphatic carbocycles. The van der Waals surface area contributed by atoms with Gasteiger partial charge in [0, 0.05) is 147 Å². The van der Waals surface area contributed by atoms with Gasteiger partial charge in [-0.1, -0.05) is 44.2 Å². The maximum atomic E-state index is 12.1. The number of nitrogens with zero attached hydrogens (tertiary/aromatic N) is 9. The van der Waals surface area contributed by atoms with Gasteiger partial charge in [-0.2, -0.15) is 29.9 Å². The van der Waals surface area contributed by atoms with Crippen LogP contribution in [-0.4, -0.2) is 173 Å². The minimum atomic E-state index is -0.686. The second-order valence-corrected chi connectivity index (χ2v) is 29.6. The minimum absolute atomic E-state index is 0.0246. The Labute approximate surface area is 673 Å². The molecule has 11 N–H and O–H groups in total. The van der Waals surface area contributed by atoms with Crippen LogP contribution < -0.4 is 55.6 Å². The number of carbonyl (C=O) groups is 3. The number of oxazole rings is 1. The van der Waals surface area contributed by atoms with Gasteiger partial charge in [0.25, 0.3) is 17.7 Å². The van der Waals surface area contributed by atoms with Crippen molar-refractivity contribution in [3.05, 3.63) is 174 Å². The summed E-state index contributed by atoms with van der Waals surface area (Å²) in [5.74, 6) is 4.51. The van der Waals surface area contributed by atoms with Gasteiger partial charge in [-0.25, -0.2) is 9.97 Å². The largest absolute Gasteiger partial charge is 0.495 e. The van der Waals surface area contributed by atoms with Gasteiger partial charge in [0.05, 0.1) is 73.8 Å². The van der Waals surface area contributed by atoms with Crippen LogP contribution in [0.5, 0.6) is 29.1 Å². The third-order valence-electron chi connectivity index (χ3n) is 20.8. The molecule has 14 aromatic rings. The Balaban J connectivity index is 0.000000138. The molecule has 0 unspecified atom stereocenters. The van der Waals surface area contributed by atoms with E-state index in [4.69, 9.17) is 67.5 Å². The molecule has 17 rings (SSSR count). The number of aromatic amines is 4. The van der Waals surface area contributed by atoms with E-state index in [0.29, 0.717) is 156 Å². The molecule has 604 valence electrons. The summed E-state index contributed by atoms with van der Waals surface area (Å²) in [7, 11) is 9.87. The number of aliphatic hydroxyl groups is 1. The number of amides is 3. The first kappa shape index (κ1) is 78.9. The molecule has 0 spiro atoms. The summed E-state index contributed by atoms with van der Waals surface area (Å²) in [6.45, 7) is 12.4. The van der Waals surface area contributed by atoms with Crippen molar-refractivity contribution < 1.29 is 57.1 Å². The van der Waals surface area contributed by atoms with Crippen molar-refractivity contribution in [3.63, 3.8) is 0 Å². The second kappa shape index (κ2) is 34.4. The Morgan fingerprint density at radius 2 is 1.02 bits per heavy atom. The molecular formula is C86H93N19O12. The van der Waals surface area contributed by atoms with Crippen molar-refractivity contribution in [2.45, 2.75) is 109 Å². The fraction of sp³-hybridized carbons (Fsp3) is 0.314. The highest BCUT2D eigenvalue weighted by Gasteiger charge is 2.32. The van der Waals surface area contributed by atoms with Gasteiger partial charge in [-0.3, -0.25) is 14.4 Å². The number of anilines is 6. The van der Waals surface area contributed by atoms with Crippen LogP contribution in [0.1, 0.15) is 120 Å². The molecule has 5 aromatic carbocycles. The summed E-state index contributed by atoms with van der Waals surface area (Å²) < 4.78 is 49.3. The van der Waals surface area contributed by atoms with Gasteiger partial charge in [-0.15, -0.1) is 0 Å². The third-order valence-corrected chi connectivity index (χ3v) is 20.8. The first-order chi connectivity index (χ1) is 56.7. The number of aromatic nitrogens is 13. The van der Waals surface area contributed by atoms with Crippen LogP contribution in [0.15, 0.2) is 145 Å². The average Bonchev–Trinajstić information content (AvgIpc) is 1.65. The summed E-state index contributed by atoms with van der Waals surface area (Å²) in [6, 6.07) is 31.9. The van der Waals surface area contributed by atoms with Crippen molar-refractivity contribution in [1.29, 1.82) is 0 Å². The number of fused-ring (bicyclic) bond motifs is 4. The smallest absolute Gasteiger partial charge is 0.251 e. The average molecular weight is 1580 g/mol. The first-order valence-corrected chi connectivity index (χ1v) is 38.8. The van der Waals surface area contributed by atoms with E-state index in [9.17, 15) is 19.5 Å². The summed E-state index contributed by atoms with van der Waals surface area (Å²) in [6.07, 6.45) is 16.5. The molecule has 3 fully saturated rings. The number of aryl methyl sites for hydroxylation is 3. The van der Waals surface area contributed by atoms with E-state index in [0.717, 1.165) is 103 Å². The van der Waals surface area contributed by atoms with Crippen molar-refractivity contribution >= 4 is 96.8 Å². The zero-order valence-electron chi connectivity index (χ0n) is 66.8. The molecule has 31 nitrogen and oxygen atoms in total. The Bertz CT molecular complexity index is 5940. The predicted molar refractivity (Wildman–Crippen MR) is 446 cm³/mol. The van der Waals surface area contributed by atoms with Gasteiger partial charge in [0.1, 0.15) is 58.1 Å². The maximum Gasteiger partial charge on any atom is 0.251 e. The summed E-state index contributed by atoms with van der Waals surface area (Å²) in [5.41, 5.74) is 15.1. The molecule has 0 radical (unpaired) electrons. The lowest BCUT2D eigenvalue weighted by Crippen LogP contribution is -2.35. The number of rotatable bonds is 22. The number of H-pyrrole nitrogens is 4. The topological polar surface area (TPSA) is 393 Å². The molecule has 31 heteroatoms. The lowest BCUT2D eigenvalue weighted by Gasteiger charge is -2.33. The Kier molecular flexibility index (Phi) is 23.2. The van der Waals surface area contributed by atoms with E-state index in [1.807, 2.05) is 106 Å². The van der Waals surface area contributed by atoms with E-state index >= 15 is 0 Å². The van der Waals surface area contributed by atoms with Crippen LogP contribution in [0.2, 0.25) is 0 Å². The van der Waals surface area contributed by atoms with Crippen molar-refractivity contribution in [3.8, 4) is 73.9 Å². The first-order valence-electron chi connectivity index (χ1n) is 38.8. The quantitative estimate of drug-likeness (QED) is 0.0300. The number of benzene rings is 5. The van der Waals surface area contributed by atoms with E-state index in [1.54, 1.807) is 70.7 Å². The molecule has 11 heterocycles. The van der Waals surface area contributed by atoms with Crippen molar-refractivity contribution in [2.75, 3.05) is 77.7 Å². The van der Waals surface area contributed by atoms with Gasteiger partial charge in [0.15, 0.2) is 11.5 Å². The second-order valence-electron chi connectivity index (χ2n) is 29.6. The zero-order chi connectivity index (χ0) is 81.6. The molecule has 2 saturated heterocycles. The lowest BCUT2D eigenvalue weighted by atomic mass is 9.85. The number of imidazole rings is 1. The molecule has 1 atom stereocenters. The van der Waals surface area contributed by atoms with Crippen LogP contribution in [0.4, 0.5) is 34.9 Å². The van der Waals surface area contributed by atoms with Gasteiger partial charge < -0.3 is 99.1 Å². The number of nitrogens with one attached hydrogen (secondary N) is 10. The highest BCUT2D eigenvalue weighted by molar-refractivity contribution is 6.02. The number of hydrogen-bond acceptors (Lipinski definition) is 23. The summed E-state index contributed by atoms with van der Waals surface area (Å²) in [5, 5.41) is 30.6. The van der Waals surface area contributed by atoms with E-state index < -0.39 is 5.60 Å². The SMILES string of the molecule is CNC(=O)c1ccc(Nc2nc(OC3CCC(C)(O)CC3)c3c(-c4ccc5nc(C)oc5c4)c[nH]c3n2)c(OC)c1.CNC(=O)c1ccc(Nc2nc(OC3CCOCC3)c3c(-c4ccc(-c5ncc(C)[nH]5)cc4)c[nH]c3n2)c(OC)c1.CNC(=O)c1ccc(Nc2nc(O[C@H]3CCOC3)c3c(-c4ccn(C)c4)c[nH]c3n2)c(C(C)C)c1. The maximum absolute atomic E-state index is 12.1. The Morgan fingerprint density at radius 3 is 1.50 bits per heavy atom. The molecule has 1 saturated carbocycles. The highest BCUT2D eigenvalue weighted by atomic mass is 16.6. The summed E-state index contributed by atoms with van der Waals surface area (Å²) in [4.78, 5) is 87.0. The van der Waals surface area contributed by atoms with Gasteiger partial charge >= 0.3 is 0 Å². The van der Waals surface area contributed by atoms with E-state index in [-0.39, 0.29) is 42.0 Å². The molecular weight excluding hydrogens is 1490 g/mol. The number of methoxy groups -OCH3 is 2. The lowest BCUT2D eigenvalue weighted by molar-refractivity contribution is -0.0114. The van der Waals surface area contributed by atoms with Crippen LogP contribution in [0.3, 0.4) is 0 Å². The number of hydrogen-bond donors (Lipinski definition) is 11. The standard InChI is InChI=1S/C30H31N7O4.C30H32N6O5.C26H30N6O3/c1-17-15-32-26(34-17)19-6-4-18(5-7-19)22-16-33-27-25(22)29(41-21-10-12-40-13-11-21)37-30(36-27)35-23-9-8-20(28(38)31-2)14-24(23)39-3;1-16-33-22-7-5-17(13-24(22)40-16)20-15-32-26-25(20)28(41-19-9-11-30(2,38)12-10-19)36-29(35-26)34-21-8-6-18(27(37)31-3)14-23(21)39-4;1-15(2)19-11-16(24(33)27-3)5-6-21(19)29-26-30-23-22(25(31-26)35-18-8-10-34-14-18)20(12-28-23)17-7-9-32(4)13-17/h4-9,14-16,21H,10-13H2,1-3H3,(H,31,38)(H,32,34)(H2,33,35,36,37);5-8,13-15,19,38H,9-12H2,1-4H3,(H,31,37)(H2,32,34,35,36);5-7,9,11-13,15,18H,8,10,14H2,1-4H3,(H,27,33)(H2,28,29,30,31)/t;;18-/m..0/s1. The fourth-order valence-corrected chi connectivity index (χ4v) is 14.5. The van der Waals surface area contributed by atoms with E-state index in [2.05, 4.69) is 100 Å². The van der Waals surface area contributed by atoms with E-state index in [1.165, 1.54) is 7.11 Å². The third kappa shape index (κ3) is 17.6. The molecule has 3 aliphatic rings. The van der Waals surface area contributed by atoms with Crippen LogP contribution in [0, 0.1) is 13.8 Å².